The van der Waals surface area contributed by atoms with Gasteiger partial charge >= 0.3 is 0 Å². The fraction of sp³-hybridized carbons (Fsp3) is 1.00. The smallest absolute Gasteiger partial charge is 0.00902 e. The van der Waals surface area contributed by atoms with Crippen LogP contribution in [0.15, 0.2) is 0 Å². The third-order valence-corrected chi connectivity index (χ3v) is 3.36. The molecule has 0 saturated carbocycles. The number of piperidine rings is 1. The Morgan fingerprint density at radius 3 is 1.92 bits per heavy atom. The first-order chi connectivity index (χ1) is 6.17. The average Bonchev–Trinajstić information content (AvgIpc) is 2.04. The molecule has 0 radical (unpaired) electrons. The third kappa shape index (κ3) is 2.98. The largest absolute Gasteiger partial charge is 0.300 e. The molecule has 0 aliphatic carbocycles. The molecule has 1 heteroatoms. The Morgan fingerprint density at radius 2 is 1.54 bits per heavy atom. The van der Waals surface area contributed by atoms with Gasteiger partial charge in [0.25, 0.3) is 0 Å². The van der Waals surface area contributed by atoms with E-state index >= 15 is 0 Å². The monoisotopic (exact) mass is 183 g/mol. The highest BCUT2D eigenvalue weighted by atomic mass is 15.2. The van der Waals surface area contributed by atoms with Gasteiger partial charge < -0.3 is 0 Å². The molecule has 0 spiro atoms. The molecular formula is C12H25N. The van der Waals surface area contributed by atoms with Crippen LogP contribution >= 0.6 is 0 Å². The highest BCUT2D eigenvalue weighted by molar-refractivity contribution is 4.79. The van der Waals surface area contributed by atoms with E-state index in [-0.39, 0.29) is 0 Å². The van der Waals surface area contributed by atoms with Crippen LogP contribution < -0.4 is 0 Å². The highest BCUT2D eigenvalue weighted by Gasteiger charge is 2.25. The Balaban J connectivity index is 2.48. The molecule has 13 heavy (non-hydrogen) atoms. The van der Waals surface area contributed by atoms with Gasteiger partial charge in [-0.05, 0) is 31.1 Å². The lowest BCUT2D eigenvalue weighted by molar-refractivity contribution is 0.0909. The van der Waals surface area contributed by atoms with Crippen LogP contribution in [0.5, 0.6) is 0 Å². The molecule has 1 aliphatic heterocycles. The zero-order valence-electron chi connectivity index (χ0n) is 9.71. The first-order valence-electron chi connectivity index (χ1n) is 5.91. The molecule has 0 N–H and O–H groups in total. The quantitative estimate of drug-likeness (QED) is 0.649. The molecule has 1 rings (SSSR count). The molecule has 1 heterocycles. The van der Waals surface area contributed by atoms with Crippen molar-refractivity contribution in [3.05, 3.63) is 0 Å². The topological polar surface area (TPSA) is 3.24 Å². The SMILES string of the molecule is CCC(CC)N1CC(C)CC(C)C1. The Kier molecular flexibility index (Phi) is 4.24. The molecule has 0 aromatic carbocycles. The number of likely N-dealkylation sites (tertiary alicyclic amines) is 1. The summed E-state index contributed by atoms with van der Waals surface area (Å²) in [4.78, 5) is 2.71. The van der Waals surface area contributed by atoms with Crippen molar-refractivity contribution in [1.82, 2.24) is 4.90 Å². The van der Waals surface area contributed by atoms with Crippen LogP contribution in [-0.2, 0) is 0 Å². The Morgan fingerprint density at radius 1 is 1.08 bits per heavy atom. The maximum Gasteiger partial charge on any atom is 0.00902 e. The zero-order valence-corrected chi connectivity index (χ0v) is 9.71. The summed E-state index contributed by atoms with van der Waals surface area (Å²) in [5.74, 6) is 1.81. The molecule has 1 nitrogen and oxygen atoms in total. The molecule has 0 amide bonds. The molecule has 1 fully saturated rings. The van der Waals surface area contributed by atoms with E-state index in [2.05, 4.69) is 32.6 Å². The van der Waals surface area contributed by atoms with Crippen molar-refractivity contribution >= 4 is 0 Å². The van der Waals surface area contributed by atoms with Gasteiger partial charge in [0.2, 0.25) is 0 Å². The molecule has 0 bridgehead atoms. The van der Waals surface area contributed by atoms with Crippen LogP contribution in [0.25, 0.3) is 0 Å². The predicted molar refractivity (Wildman–Crippen MR) is 58.9 cm³/mol. The minimum atomic E-state index is 0.838. The van der Waals surface area contributed by atoms with Crippen molar-refractivity contribution in [2.24, 2.45) is 11.8 Å². The molecule has 1 saturated heterocycles. The van der Waals surface area contributed by atoms with Gasteiger partial charge in [-0.3, -0.25) is 4.90 Å². The first kappa shape index (κ1) is 11.0. The van der Waals surface area contributed by atoms with E-state index in [1.54, 1.807) is 0 Å². The molecule has 0 aromatic rings. The highest BCUT2D eigenvalue weighted by Crippen LogP contribution is 2.24. The minimum Gasteiger partial charge on any atom is -0.300 e. The van der Waals surface area contributed by atoms with Crippen LogP contribution in [0, 0.1) is 11.8 Å². The Labute approximate surface area is 83.5 Å². The van der Waals surface area contributed by atoms with Crippen molar-refractivity contribution < 1.29 is 0 Å². The van der Waals surface area contributed by atoms with Crippen LogP contribution in [0.1, 0.15) is 47.0 Å². The molecule has 0 aromatic heterocycles. The van der Waals surface area contributed by atoms with Gasteiger partial charge in [0, 0.05) is 19.1 Å². The van der Waals surface area contributed by atoms with Gasteiger partial charge in [0.05, 0.1) is 0 Å². The second kappa shape index (κ2) is 4.99. The van der Waals surface area contributed by atoms with Crippen molar-refractivity contribution in [3.8, 4) is 0 Å². The van der Waals surface area contributed by atoms with Gasteiger partial charge in [-0.15, -0.1) is 0 Å². The van der Waals surface area contributed by atoms with Gasteiger partial charge in [-0.1, -0.05) is 27.7 Å². The summed E-state index contributed by atoms with van der Waals surface area (Å²) in [6.07, 6.45) is 4.06. The van der Waals surface area contributed by atoms with E-state index in [1.165, 1.54) is 32.4 Å². The number of hydrogen-bond donors (Lipinski definition) is 0. The summed E-state index contributed by atoms with van der Waals surface area (Å²) < 4.78 is 0. The summed E-state index contributed by atoms with van der Waals surface area (Å²) in [5.41, 5.74) is 0. The Hall–Kier alpha value is -0.0400. The van der Waals surface area contributed by atoms with Crippen LogP contribution in [0.2, 0.25) is 0 Å². The maximum atomic E-state index is 2.71. The van der Waals surface area contributed by atoms with Gasteiger partial charge in [0.1, 0.15) is 0 Å². The summed E-state index contributed by atoms with van der Waals surface area (Å²) >= 11 is 0. The molecule has 1 aliphatic rings. The first-order valence-corrected chi connectivity index (χ1v) is 5.91. The normalized spacial score (nSPS) is 31.2. The average molecular weight is 183 g/mol. The second-order valence-corrected chi connectivity index (χ2v) is 4.87. The van der Waals surface area contributed by atoms with E-state index < -0.39 is 0 Å². The fourth-order valence-electron chi connectivity index (χ4n) is 2.81. The lowest BCUT2D eigenvalue weighted by Crippen LogP contribution is -2.44. The lowest BCUT2D eigenvalue weighted by Gasteiger charge is -2.39. The summed E-state index contributed by atoms with van der Waals surface area (Å²) in [5, 5.41) is 0. The standard InChI is InChI=1S/C12H25N/c1-5-12(6-2)13-8-10(3)7-11(4)9-13/h10-12H,5-9H2,1-4H3. The van der Waals surface area contributed by atoms with Crippen molar-refractivity contribution in [2.45, 2.75) is 53.0 Å². The third-order valence-electron chi connectivity index (χ3n) is 3.36. The van der Waals surface area contributed by atoms with Crippen molar-refractivity contribution in [1.29, 1.82) is 0 Å². The van der Waals surface area contributed by atoms with Crippen LogP contribution in [0.4, 0.5) is 0 Å². The molecule has 2 unspecified atom stereocenters. The van der Waals surface area contributed by atoms with E-state index in [0.29, 0.717) is 0 Å². The summed E-state index contributed by atoms with van der Waals surface area (Å²) in [6, 6.07) is 0.838. The molecule has 2 atom stereocenters. The van der Waals surface area contributed by atoms with E-state index in [1.807, 2.05) is 0 Å². The number of nitrogens with zero attached hydrogens (tertiary/aromatic N) is 1. The number of rotatable bonds is 3. The van der Waals surface area contributed by atoms with Crippen LogP contribution in [-0.4, -0.2) is 24.0 Å². The lowest BCUT2D eigenvalue weighted by atomic mass is 9.90. The van der Waals surface area contributed by atoms with Gasteiger partial charge in [-0.25, -0.2) is 0 Å². The molecule has 78 valence electrons. The second-order valence-electron chi connectivity index (χ2n) is 4.87. The maximum absolute atomic E-state index is 2.71. The fourth-order valence-corrected chi connectivity index (χ4v) is 2.81. The van der Waals surface area contributed by atoms with Gasteiger partial charge in [0.15, 0.2) is 0 Å². The van der Waals surface area contributed by atoms with E-state index in [9.17, 15) is 0 Å². The predicted octanol–water partition coefficient (Wildman–Crippen LogP) is 3.15. The van der Waals surface area contributed by atoms with Crippen molar-refractivity contribution in [3.63, 3.8) is 0 Å². The molecular weight excluding hydrogens is 158 g/mol. The van der Waals surface area contributed by atoms with E-state index in [4.69, 9.17) is 0 Å². The Bertz CT molecular complexity index is 130. The summed E-state index contributed by atoms with van der Waals surface area (Å²) in [7, 11) is 0. The van der Waals surface area contributed by atoms with Crippen LogP contribution in [0.3, 0.4) is 0 Å². The zero-order chi connectivity index (χ0) is 9.84. The minimum absolute atomic E-state index is 0.838. The van der Waals surface area contributed by atoms with E-state index in [0.717, 1.165) is 17.9 Å². The summed E-state index contributed by atoms with van der Waals surface area (Å²) in [6.45, 7) is 12.1. The van der Waals surface area contributed by atoms with Crippen molar-refractivity contribution in [2.75, 3.05) is 13.1 Å². The number of hydrogen-bond acceptors (Lipinski definition) is 1. The van der Waals surface area contributed by atoms with Gasteiger partial charge in [-0.2, -0.15) is 0 Å².